The molecule has 1 fully saturated rings. The first kappa shape index (κ1) is 13.9. The molecule has 1 saturated carbocycles. The second-order valence-corrected chi connectivity index (χ2v) is 5.06. The molecular weight excluding hydrogens is 240 g/mol. The van der Waals surface area contributed by atoms with Crippen LogP contribution in [-0.2, 0) is 4.79 Å². The van der Waals surface area contributed by atoms with Crippen molar-refractivity contribution < 1.29 is 9.53 Å². The summed E-state index contributed by atoms with van der Waals surface area (Å²) in [5, 5.41) is 3.05. The molecule has 2 unspecified atom stereocenters. The van der Waals surface area contributed by atoms with Crippen molar-refractivity contribution in [3.05, 3.63) is 30.3 Å². The van der Waals surface area contributed by atoms with Gasteiger partial charge in [0.15, 0.2) is 6.61 Å². The van der Waals surface area contributed by atoms with E-state index >= 15 is 0 Å². The number of hydrogen-bond donors (Lipinski definition) is 2. The van der Waals surface area contributed by atoms with Crippen molar-refractivity contribution in [3.8, 4) is 5.75 Å². The maximum atomic E-state index is 11.9. The highest BCUT2D eigenvalue weighted by atomic mass is 16.5. The second kappa shape index (κ2) is 7.14. The summed E-state index contributed by atoms with van der Waals surface area (Å²) in [5.41, 5.74) is 5.75. The molecule has 0 radical (unpaired) electrons. The Hall–Kier alpha value is -1.55. The van der Waals surface area contributed by atoms with Crippen LogP contribution < -0.4 is 15.8 Å². The number of nitrogens with two attached hydrogens (primary N) is 1. The Morgan fingerprint density at radius 1 is 1.26 bits per heavy atom. The molecule has 2 atom stereocenters. The number of hydrogen-bond acceptors (Lipinski definition) is 3. The minimum Gasteiger partial charge on any atom is -0.484 e. The average molecular weight is 262 g/mol. The molecule has 1 aliphatic carbocycles. The number of amides is 1. The van der Waals surface area contributed by atoms with Gasteiger partial charge in [0.1, 0.15) is 5.75 Å². The molecule has 2 rings (SSSR count). The van der Waals surface area contributed by atoms with Gasteiger partial charge in [-0.15, -0.1) is 0 Å². The van der Waals surface area contributed by atoms with Gasteiger partial charge in [-0.1, -0.05) is 31.0 Å². The number of carbonyl (C=O) groups excluding carboxylic acids is 1. The van der Waals surface area contributed by atoms with E-state index in [0.717, 1.165) is 18.6 Å². The third-order valence-electron chi connectivity index (χ3n) is 3.67. The first-order valence-corrected chi connectivity index (χ1v) is 6.97. The molecule has 4 heteroatoms. The van der Waals surface area contributed by atoms with E-state index in [0.29, 0.717) is 12.5 Å². The van der Waals surface area contributed by atoms with Gasteiger partial charge in [0.2, 0.25) is 0 Å². The quantitative estimate of drug-likeness (QED) is 0.849. The van der Waals surface area contributed by atoms with E-state index in [-0.39, 0.29) is 18.6 Å². The fourth-order valence-electron chi connectivity index (χ4n) is 2.59. The lowest BCUT2D eigenvalue weighted by molar-refractivity contribution is -0.124. The van der Waals surface area contributed by atoms with Gasteiger partial charge in [0.25, 0.3) is 5.91 Å². The monoisotopic (exact) mass is 262 g/mol. The van der Waals surface area contributed by atoms with Gasteiger partial charge >= 0.3 is 0 Å². The predicted molar refractivity (Wildman–Crippen MR) is 74.9 cm³/mol. The van der Waals surface area contributed by atoms with Crippen LogP contribution in [0.1, 0.15) is 25.7 Å². The Morgan fingerprint density at radius 3 is 2.74 bits per heavy atom. The van der Waals surface area contributed by atoms with E-state index in [1.54, 1.807) is 0 Å². The van der Waals surface area contributed by atoms with E-state index in [2.05, 4.69) is 5.32 Å². The van der Waals surface area contributed by atoms with Crippen LogP contribution in [0.2, 0.25) is 0 Å². The average Bonchev–Trinajstić information content (AvgIpc) is 2.47. The number of benzene rings is 1. The molecule has 0 aliphatic heterocycles. The topological polar surface area (TPSA) is 64.3 Å². The Balaban J connectivity index is 1.77. The largest absolute Gasteiger partial charge is 0.484 e. The molecule has 3 N–H and O–H groups in total. The summed E-state index contributed by atoms with van der Waals surface area (Å²) in [7, 11) is 0. The third kappa shape index (κ3) is 4.24. The predicted octanol–water partition coefficient (Wildman–Crippen LogP) is 1.70. The lowest BCUT2D eigenvalue weighted by atomic mass is 9.84. The van der Waals surface area contributed by atoms with Crippen LogP contribution in [0, 0.1) is 5.92 Å². The van der Waals surface area contributed by atoms with Gasteiger partial charge in [-0.2, -0.15) is 0 Å². The van der Waals surface area contributed by atoms with Crippen LogP contribution in [0.25, 0.3) is 0 Å². The van der Waals surface area contributed by atoms with Gasteiger partial charge in [-0.25, -0.2) is 0 Å². The molecule has 19 heavy (non-hydrogen) atoms. The lowest BCUT2D eigenvalue weighted by Gasteiger charge is -2.31. The molecule has 104 valence electrons. The van der Waals surface area contributed by atoms with Crippen molar-refractivity contribution in [2.45, 2.75) is 31.7 Å². The maximum absolute atomic E-state index is 11.9. The first-order chi connectivity index (χ1) is 9.29. The molecule has 0 aromatic heterocycles. The normalized spacial score (nSPS) is 22.8. The molecule has 0 saturated heterocycles. The van der Waals surface area contributed by atoms with Crippen LogP contribution in [0.15, 0.2) is 30.3 Å². The van der Waals surface area contributed by atoms with Crippen LogP contribution in [0.3, 0.4) is 0 Å². The molecule has 1 aliphatic rings. The van der Waals surface area contributed by atoms with E-state index in [4.69, 9.17) is 10.5 Å². The van der Waals surface area contributed by atoms with Crippen molar-refractivity contribution in [2.24, 2.45) is 11.7 Å². The molecule has 1 amide bonds. The summed E-state index contributed by atoms with van der Waals surface area (Å²) in [4.78, 5) is 11.9. The van der Waals surface area contributed by atoms with Crippen molar-refractivity contribution in [3.63, 3.8) is 0 Å². The van der Waals surface area contributed by atoms with Crippen molar-refractivity contribution in [1.29, 1.82) is 0 Å². The van der Waals surface area contributed by atoms with E-state index < -0.39 is 0 Å². The van der Waals surface area contributed by atoms with Gasteiger partial charge in [-0.05, 0) is 37.4 Å². The zero-order chi connectivity index (χ0) is 13.5. The summed E-state index contributed by atoms with van der Waals surface area (Å²) in [6, 6.07) is 9.59. The van der Waals surface area contributed by atoms with Crippen LogP contribution in [0.5, 0.6) is 5.75 Å². The Kier molecular flexibility index (Phi) is 5.21. The van der Waals surface area contributed by atoms with Crippen molar-refractivity contribution in [2.75, 3.05) is 13.2 Å². The second-order valence-electron chi connectivity index (χ2n) is 5.06. The van der Waals surface area contributed by atoms with Crippen LogP contribution in [0.4, 0.5) is 0 Å². The molecule has 0 heterocycles. The molecule has 1 aromatic rings. The van der Waals surface area contributed by atoms with E-state index in [1.165, 1.54) is 12.8 Å². The standard InChI is InChI=1S/C15H22N2O2/c16-10-12-6-4-5-9-14(12)17-15(18)11-19-13-7-2-1-3-8-13/h1-3,7-8,12,14H,4-6,9-11,16H2,(H,17,18). The zero-order valence-electron chi connectivity index (χ0n) is 11.2. The third-order valence-corrected chi connectivity index (χ3v) is 3.67. The summed E-state index contributed by atoms with van der Waals surface area (Å²) in [6.45, 7) is 0.711. The van der Waals surface area contributed by atoms with Gasteiger partial charge in [0.05, 0.1) is 0 Å². The van der Waals surface area contributed by atoms with Gasteiger partial charge < -0.3 is 15.8 Å². The smallest absolute Gasteiger partial charge is 0.258 e. The summed E-state index contributed by atoms with van der Waals surface area (Å²) in [6.07, 6.45) is 4.52. The summed E-state index contributed by atoms with van der Waals surface area (Å²) >= 11 is 0. The number of rotatable bonds is 5. The zero-order valence-corrected chi connectivity index (χ0v) is 11.2. The molecule has 0 spiro atoms. The minimum atomic E-state index is -0.0609. The minimum absolute atomic E-state index is 0.0609. The Morgan fingerprint density at radius 2 is 2.00 bits per heavy atom. The number of ether oxygens (including phenoxy) is 1. The van der Waals surface area contributed by atoms with Gasteiger partial charge in [-0.3, -0.25) is 4.79 Å². The lowest BCUT2D eigenvalue weighted by Crippen LogP contribution is -2.46. The highest BCUT2D eigenvalue weighted by molar-refractivity contribution is 5.77. The Bertz CT molecular complexity index is 394. The fraction of sp³-hybridized carbons (Fsp3) is 0.533. The molecular formula is C15H22N2O2. The van der Waals surface area contributed by atoms with Crippen molar-refractivity contribution in [1.82, 2.24) is 5.32 Å². The molecule has 1 aromatic carbocycles. The van der Waals surface area contributed by atoms with Gasteiger partial charge in [0, 0.05) is 6.04 Å². The fourth-order valence-corrected chi connectivity index (χ4v) is 2.59. The highest BCUT2D eigenvalue weighted by Gasteiger charge is 2.25. The van der Waals surface area contributed by atoms with E-state index in [9.17, 15) is 4.79 Å². The summed E-state index contributed by atoms with van der Waals surface area (Å²) < 4.78 is 5.43. The maximum Gasteiger partial charge on any atom is 0.258 e. The first-order valence-electron chi connectivity index (χ1n) is 6.97. The Labute approximate surface area is 114 Å². The molecule has 4 nitrogen and oxygen atoms in total. The van der Waals surface area contributed by atoms with E-state index in [1.807, 2.05) is 30.3 Å². The highest BCUT2D eigenvalue weighted by Crippen LogP contribution is 2.23. The van der Waals surface area contributed by atoms with Crippen LogP contribution >= 0.6 is 0 Å². The summed E-state index contributed by atoms with van der Waals surface area (Å²) in [5.74, 6) is 1.07. The molecule has 0 bridgehead atoms. The number of para-hydroxylation sites is 1. The van der Waals surface area contributed by atoms with Crippen LogP contribution in [-0.4, -0.2) is 25.1 Å². The van der Waals surface area contributed by atoms with Crippen molar-refractivity contribution >= 4 is 5.91 Å². The SMILES string of the molecule is NCC1CCCCC1NC(=O)COc1ccccc1. The number of nitrogens with one attached hydrogen (secondary N) is 1. The number of carbonyl (C=O) groups is 1.